The molecular weight excluding hydrogens is 226 g/mol. The molecule has 0 spiro atoms. The fraction of sp³-hybridized carbons (Fsp3) is 0.500. The van der Waals surface area contributed by atoms with Crippen molar-refractivity contribution in [3.8, 4) is 0 Å². The van der Waals surface area contributed by atoms with Gasteiger partial charge in [-0.05, 0) is 13.8 Å². The van der Waals surface area contributed by atoms with E-state index in [1.807, 2.05) is 13.8 Å². The van der Waals surface area contributed by atoms with Gasteiger partial charge < -0.3 is 10.5 Å². The molecule has 0 aliphatic carbocycles. The predicted octanol–water partition coefficient (Wildman–Crippen LogP) is 1.16. The number of anilines is 1. The molecular formula is C10H13N3O2S. The van der Waals surface area contributed by atoms with Crippen molar-refractivity contribution in [1.29, 1.82) is 0 Å². The van der Waals surface area contributed by atoms with Crippen LogP contribution in [-0.4, -0.2) is 27.3 Å². The SMILES string of the molecule is Cc1cc(N)nc(S[C@H]2C[C@H](C)OC2=O)n1. The summed E-state index contributed by atoms with van der Waals surface area (Å²) in [5, 5.41) is 0.324. The van der Waals surface area contributed by atoms with Crippen LogP contribution in [0.2, 0.25) is 0 Å². The number of nitrogen functional groups attached to an aromatic ring is 1. The Morgan fingerprint density at radius 1 is 1.56 bits per heavy atom. The van der Waals surface area contributed by atoms with E-state index in [9.17, 15) is 4.79 Å². The number of ether oxygens (including phenoxy) is 1. The highest BCUT2D eigenvalue weighted by Crippen LogP contribution is 2.30. The van der Waals surface area contributed by atoms with Crippen molar-refractivity contribution in [3.63, 3.8) is 0 Å². The number of hydrogen-bond acceptors (Lipinski definition) is 6. The van der Waals surface area contributed by atoms with Gasteiger partial charge in [0.05, 0.1) is 0 Å². The van der Waals surface area contributed by atoms with Crippen molar-refractivity contribution in [2.75, 3.05) is 5.73 Å². The van der Waals surface area contributed by atoms with Crippen molar-refractivity contribution in [3.05, 3.63) is 11.8 Å². The third-order valence-corrected chi connectivity index (χ3v) is 3.29. The second kappa shape index (κ2) is 4.29. The van der Waals surface area contributed by atoms with Crippen LogP contribution >= 0.6 is 11.8 Å². The zero-order valence-corrected chi connectivity index (χ0v) is 9.95. The van der Waals surface area contributed by atoms with Gasteiger partial charge in [-0.15, -0.1) is 0 Å². The Kier molecular flexibility index (Phi) is 3.00. The molecule has 1 aliphatic heterocycles. The molecule has 1 aromatic heterocycles. The van der Waals surface area contributed by atoms with Gasteiger partial charge in [0.15, 0.2) is 5.16 Å². The Labute approximate surface area is 97.8 Å². The molecule has 2 N–H and O–H groups in total. The average Bonchev–Trinajstić information content (AvgIpc) is 2.43. The van der Waals surface area contributed by atoms with Crippen LogP contribution in [0.15, 0.2) is 11.2 Å². The van der Waals surface area contributed by atoms with Crippen molar-refractivity contribution < 1.29 is 9.53 Å². The first-order chi connectivity index (χ1) is 7.54. The summed E-state index contributed by atoms with van der Waals surface area (Å²) in [5.74, 6) is 0.232. The summed E-state index contributed by atoms with van der Waals surface area (Å²) in [6.07, 6.45) is 0.674. The third-order valence-electron chi connectivity index (χ3n) is 2.23. The molecule has 86 valence electrons. The number of cyclic esters (lactones) is 1. The van der Waals surface area contributed by atoms with E-state index in [0.717, 1.165) is 5.69 Å². The first kappa shape index (κ1) is 11.2. The van der Waals surface area contributed by atoms with Crippen LogP contribution in [0, 0.1) is 6.92 Å². The van der Waals surface area contributed by atoms with E-state index in [1.54, 1.807) is 6.07 Å². The molecule has 16 heavy (non-hydrogen) atoms. The van der Waals surface area contributed by atoms with Crippen molar-refractivity contribution in [2.45, 2.75) is 36.8 Å². The molecule has 1 aromatic rings. The van der Waals surface area contributed by atoms with Crippen molar-refractivity contribution >= 4 is 23.5 Å². The lowest BCUT2D eigenvalue weighted by atomic mass is 10.3. The number of rotatable bonds is 2. The molecule has 2 heterocycles. The number of carbonyl (C=O) groups excluding carboxylic acids is 1. The third kappa shape index (κ3) is 2.44. The Bertz CT molecular complexity index is 404. The van der Waals surface area contributed by atoms with Gasteiger partial charge in [-0.3, -0.25) is 4.79 Å². The largest absolute Gasteiger partial charge is 0.462 e. The van der Waals surface area contributed by atoms with E-state index in [4.69, 9.17) is 10.5 Å². The van der Waals surface area contributed by atoms with E-state index in [-0.39, 0.29) is 17.3 Å². The maximum atomic E-state index is 11.4. The topological polar surface area (TPSA) is 78.1 Å². The second-order valence-electron chi connectivity index (χ2n) is 3.81. The van der Waals surface area contributed by atoms with E-state index in [2.05, 4.69) is 9.97 Å². The summed E-state index contributed by atoms with van der Waals surface area (Å²) in [5.41, 5.74) is 6.42. The Hall–Kier alpha value is -1.30. The van der Waals surface area contributed by atoms with Gasteiger partial charge in [-0.25, -0.2) is 9.97 Å². The molecule has 1 fully saturated rings. The number of nitrogens with zero attached hydrogens (tertiary/aromatic N) is 2. The van der Waals surface area contributed by atoms with E-state index < -0.39 is 0 Å². The maximum Gasteiger partial charge on any atom is 0.319 e. The summed E-state index contributed by atoms with van der Waals surface area (Å²) in [7, 11) is 0. The second-order valence-corrected chi connectivity index (χ2v) is 4.98. The number of aryl methyl sites for hydroxylation is 1. The minimum absolute atomic E-state index is 0.0212. The normalized spacial score (nSPS) is 24.5. The van der Waals surface area contributed by atoms with Gasteiger partial charge in [0.25, 0.3) is 0 Å². The van der Waals surface area contributed by atoms with Gasteiger partial charge in [-0.1, -0.05) is 11.8 Å². The summed E-state index contributed by atoms with van der Waals surface area (Å²) in [6.45, 7) is 3.72. The highest BCUT2D eigenvalue weighted by atomic mass is 32.2. The standard InChI is InChI=1S/C10H13N3O2S/c1-5-3-8(11)13-10(12-5)16-7-4-6(2)15-9(7)14/h3,6-7H,4H2,1-2H3,(H2,11,12,13)/t6-,7-/m0/s1. The molecule has 6 heteroatoms. The molecule has 0 bridgehead atoms. The van der Waals surface area contributed by atoms with Crippen molar-refractivity contribution in [1.82, 2.24) is 9.97 Å². The van der Waals surface area contributed by atoms with Crippen LogP contribution in [0.3, 0.4) is 0 Å². The van der Waals surface area contributed by atoms with Gasteiger partial charge >= 0.3 is 5.97 Å². The smallest absolute Gasteiger partial charge is 0.319 e. The number of nitrogens with two attached hydrogens (primary N) is 1. The van der Waals surface area contributed by atoms with Crippen LogP contribution in [0.5, 0.6) is 0 Å². The maximum absolute atomic E-state index is 11.4. The molecule has 0 amide bonds. The highest BCUT2D eigenvalue weighted by molar-refractivity contribution is 8.00. The van der Waals surface area contributed by atoms with Gasteiger partial charge in [0.2, 0.25) is 0 Å². The minimum Gasteiger partial charge on any atom is -0.462 e. The molecule has 2 rings (SSSR count). The van der Waals surface area contributed by atoms with E-state index in [1.165, 1.54) is 11.8 Å². The van der Waals surface area contributed by atoms with E-state index >= 15 is 0 Å². The summed E-state index contributed by atoms with van der Waals surface area (Å²) in [4.78, 5) is 19.7. The first-order valence-corrected chi connectivity index (χ1v) is 5.91. The molecule has 1 aliphatic rings. The summed E-state index contributed by atoms with van der Waals surface area (Å²) >= 11 is 1.31. The Balaban J connectivity index is 2.12. The monoisotopic (exact) mass is 239 g/mol. The number of thioether (sulfide) groups is 1. The average molecular weight is 239 g/mol. The quantitative estimate of drug-likeness (QED) is 0.616. The lowest BCUT2D eigenvalue weighted by molar-refractivity contribution is -0.140. The number of esters is 1. The Morgan fingerprint density at radius 2 is 2.31 bits per heavy atom. The van der Waals surface area contributed by atoms with Crippen LogP contribution < -0.4 is 5.73 Å². The van der Waals surface area contributed by atoms with Crippen molar-refractivity contribution in [2.24, 2.45) is 0 Å². The molecule has 0 unspecified atom stereocenters. The highest BCUT2D eigenvalue weighted by Gasteiger charge is 2.33. The fourth-order valence-electron chi connectivity index (χ4n) is 1.56. The molecule has 1 saturated heterocycles. The molecule has 0 aromatic carbocycles. The molecule has 0 radical (unpaired) electrons. The lowest BCUT2D eigenvalue weighted by Crippen LogP contribution is -2.10. The number of carbonyl (C=O) groups is 1. The lowest BCUT2D eigenvalue weighted by Gasteiger charge is -2.05. The molecule has 2 atom stereocenters. The summed E-state index contributed by atoms with van der Waals surface area (Å²) < 4.78 is 5.06. The molecule has 0 saturated carbocycles. The van der Waals surface area contributed by atoms with Crippen LogP contribution in [-0.2, 0) is 9.53 Å². The van der Waals surface area contributed by atoms with E-state index in [0.29, 0.717) is 17.4 Å². The molecule has 5 nitrogen and oxygen atoms in total. The van der Waals surface area contributed by atoms with Gasteiger partial charge in [0, 0.05) is 18.2 Å². The zero-order valence-electron chi connectivity index (χ0n) is 9.14. The van der Waals surface area contributed by atoms with Gasteiger partial charge in [-0.2, -0.15) is 0 Å². The van der Waals surface area contributed by atoms with Crippen LogP contribution in [0.25, 0.3) is 0 Å². The predicted molar refractivity (Wildman–Crippen MR) is 61.0 cm³/mol. The van der Waals surface area contributed by atoms with Crippen LogP contribution in [0.4, 0.5) is 5.82 Å². The van der Waals surface area contributed by atoms with Crippen LogP contribution in [0.1, 0.15) is 19.0 Å². The fourth-order valence-corrected chi connectivity index (χ4v) is 2.69. The Morgan fingerprint density at radius 3 is 2.88 bits per heavy atom. The number of aromatic nitrogens is 2. The minimum atomic E-state index is -0.212. The first-order valence-electron chi connectivity index (χ1n) is 5.03. The zero-order chi connectivity index (χ0) is 11.7. The summed E-state index contributed by atoms with van der Waals surface area (Å²) in [6, 6.07) is 1.69. The van der Waals surface area contributed by atoms with Gasteiger partial charge in [0.1, 0.15) is 17.2 Å². The number of hydrogen-bond donors (Lipinski definition) is 1.